The average Bonchev–Trinajstić information content (AvgIpc) is 2.02. The zero-order valence-corrected chi connectivity index (χ0v) is 7.97. The summed E-state index contributed by atoms with van der Waals surface area (Å²) in [4.78, 5) is 0. The monoisotopic (exact) mass is 162 g/mol. The zero-order chi connectivity index (χ0) is 9.12. The Morgan fingerprint density at radius 1 is 1.18 bits per heavy atom. The molecule has 0 radical (unpaired) electrons. The van der Waals surface area contributed by atoms with Crippen molar-refractivity contribution in [1.82, 2.24) is 0 Å². The molecule has 0 saturated heterocycles. The summed E-state index contributed by atoms with van der Waals surface area (Å²) in [7, 11) is 3.04. The average molecular weight is 162 g/mol. The summed E-state index contributed by atoms with van der Waals surface area (Å²) < 4.78 is 10.1. The van der Waals surface area contributed by atoms with Gasteiger partial charge in [0.1, 0.15) is 5.60 Å². The van der Waals surface area contributed by atoms with E-state index in [2.05, 4.69) is 0 Å². The molecular formula is C8H18O3. The first-order valence-electron chi connectivity index (χ1n) is 3.76. The summed E-state index contributed by atoms with van der Waals surface area (Å²) in [5, 5.41) is 9.79. The lowest BCUT2D eigenvalue weighted by atomic mass is 9.93. The molecule has 0 rings (SSSR count). The summed E-state index contributed by atoms with van der Waals surface area (Å²) in [6, 6.07) is 0. The van der Waals surface area contributed by atoms with Crippen LogP contribution >= 0.6 is 0 Å². The van der Waals surface area contributed by atoms with E-state index in [1.165, 1.54) is 14.2 Å². The van der Waals surface area contributed by atoms with Crippen molar-refractivity contribution in [3.8, 4) is 0 Å². The van der Waals surface area contributed by atoms with Crippen LogP contribution < -0.4 is 0 Å². The van der Waals surface area contributed by atoms with Crippen LogP contribution in [0.5, 0.6) is 0 Å². The van der Waals surface area contributed by atoms with Gasteiger partial charge in [-0.15, -0.1) is 0 Å². The van der Waals surface area contributed by atoms with Crippen molar-refractivity contribution in [3.05, 3.63) is 0 Å². The van der Waals surface area contributed by atoms with Crippen molar-refractivity contribution in [2.45, 2.75) is 38.6 Å². The summed E-state index contributed by atoms with van der Waals surface area (Å²) in [5.74, 6) is -0.915. The first kappa shape index (κ1) is 10.9. The van der Waals surface area contributed by atoms with Crippen molar-refractivity contribution in [1.29, 1.82) is 0 Å². The second-order valence-corrected chi connectivity index (χ2v) is 2.98. The molecule has 0 aromatic rings. The Bertz CT molecular complexity index is 117. The number of hydrogen-bond donors (Lipinski definition) is 1. The van der Waals surface area contributed by atoms with E-state index in [1.54, 1.807) is 13.8 Å². The van der Waals surface area contributed by atoms with E-state index in [0.29, 0.717) is 6.42 Å². The van der Waals surface area contributed by atoms with Crippen LogP contribution in [0.1, 0.15) is 27.2 Å². The molecule has 0 fully saturated rings. The van der Waals surface area contributed by atoms with Crippen LogP contribution in [0.2, 0.25) is 0 Å². The van der Waals surface area contributed by atoms with E-state index in [9.17, 15) is 5.11 Å². The van der Waals surface area contributed by atoms with E-state index >= 15 is 0 Å². The van der Waals surface area contributed by atoms with Gasteiger partial charge < -0.3 is 14.6 Å². The fraction of sp³-hybridized carbons (Fsp3) is 1.00. The van der Waals surface area contributed by atoms with E-state index in [1.807, 2.05) is 6.92 Å². The van der Waals surface area contributed by atoms with Gasteiger partial charge in [-0.25, -0.2) is 0 Å². The number of rotatable bonds is 4. The molecular weight excluding hydrogens is 144 g/mol. The maximum Gasteiger partial charge on any atom is 0.193 e. The quantitative estimate of drug-likeness (QED) is 0.630. The molecule has 0 aromatic carbocycles. The van der Waals surface area contributed by atoms with Crippen molar-refractivity contribution in [2.24, 2.45) is 0 Å². The Hall–Kier alpha value is -0.120. The smallest absolute Gasteiger partial charge is 0.193 e. The molecule has 0 saturated carbocycles. The Labute approximate surface area is 68.3 Å². The normalized spacial score (nSPS) is 18.0. The van der Waals surface area contributed by atoms with Gasteiger partial charge >= 0.3 is 0 Å². The maximum absolute atomic E-state index is 9.79. The fourth-order valence-electron chi connectivity index (χ4n) is 0.844. The Balaban J connectivity index is 4.47. The van der Waals surface area contributed by atoms with E-state index < -0.39 is 11.4 Å². The summed E-state index contributed by atoms with van der Waals surface area (Å²) in [5.41, 5.74) is -0.948. The van der Waals surface area contributed by atoms with Gasteiger partial charge in [0.25, 0.3) is 0 Å². The van der Waals surface area contributed by atoms with Crippen molar-refractivity contribution >= 4 is 0 Å². The molecule has 0 unspecified atom stereocenters. The van der Waals surface area contributed by atoms with Crippen LogP contribution in [0.25, 0.3) is 0 Å². The first-order valence-corrected chi connectivity index (χ1v) is 3.76. The minimum absolute atomic E-state index is 0.588. The minimum atomic E-state index is -0.948. The summed E-state index contributed by atoms with van der Waals surface area (Å²) >= 11 is 0. The molecule has 3 heteroatoms. The van der Waals surface area contributed by atoms with Gasteiger partial charge in [-0.3, -0.25) is 0 Å². The highest BCUT2D eigenvalue weighted by molar-refractivity contribution is 4.85. The highest BCUT2D eigenvalue weighted by atomic mass is 16.7. The Kier molecular flexibility index (Phi) is 3.48. The van der Waals surface area contributed by atoms with Crippen LogP contribution in [0, 0.1) is 0 Å². The molecule has 0 amide bonds. The summed E-state index contributed by atoms with van der Waals surface area (Å²) in [6.45, 7) is 5.30. The molecule has 0 aliphatic carbocycles. The Morgan fingerprint density at radius 2 is 1.55 bits per heavy atom. The summed E-state index contributed by atoms with van der Waals surface area (Å²) in [6.07, 6.45) is 0.588. The van der Waals surface area contributed by atoms with Crippen molar-refractivity contribution in [3.63, 3.8) is 0 Å². The molecule has 0 aliphatic heterocycles. The van der Waals surface area contributed by atoms with Gasteiger partial charge in [-0.05, 0) is 20.3 Å². The van der Waals surface area contributed by atoms with Crippen LogP contribution in [0.4, 0.5) is 0 Å². The fourth-order valence-corrected chi connectivity index (χ4v) is 0.844. The topological polar surface area (TPSA) is 38.7 Å². The van der Waals surface area contributed by atoms with Crippen LogP contribution in [0.15, 0.2) is 0 Å². The third kappa shape index (κ3) is 1.92. The number of hydrogen-bond acceptors (Lipinski definition) is 3. The molecule has 0 heterocycles. The van der Waals surface area contributed by atoms with Gasteiger partial charge in [0.15, 0.2) is 5.79 Å². The molecule has 0 aliphatic rings. The van der Waals surface area contributed by atoms with Crippen LogP contribution in [-0.2, 0) is 9.47 Å². The minimum Gasteiger partial charge on any atom is -0.385 e. The van der Waals surface area contributed by atoms with Crippen LogP contribution in [0.3, 0.4) is 0 Å². The first-order chi connectivity index (χ1) is 4.93. The van der Waals surface area contributed by atoms with E-state index in [4.69, 9.17) is 9.47 Å². The van der Waals surface area contributed by atoms with Gasteiger partial charge in [0.2, 0.25) is 0 Å². The van der Waals surface area contributed by atoms with Gasteiger partial charge in [-0.1, -0.05) is 6.92 Å². The molecule has 68 valence electrons. The number of ether oxygens (including phenoxy) is 2. The lowest BCUT2D eigenvalue weighted by Crippen LogP contribution is -2.52. The largest absolute Gasteiger partial charge is 0.385 e. The lowest BCUT2D eigenvalue weighted by molar-refractivity contribution is -0.286. The molecule has 0 spiro atoms. The SMILES string of the molecule is CC[C@@](C)(O)C(C)(OC)OC. The maximum atomic E-state index is 9.79. The van der Waals surface area contributed by atoms with Gasteiger partial charge in [0, 0.05) is 14.2 Å². The second-order valence-electron chi connectivity index (χ2n) is 2.98. The number of aliphatic hydroxyl groups is 1. The van der Waals surface area contributed by atoms with E-state index in [0.717, 1.165) is 0 Å². The van der Waals surface area contributed by atoms with Gasteiger partial charge in [0.05, 0.1) is 0 Å². The standard InChI is InChI=1S/C8H18O3/c1-6-7(2,9)8(3,10-4)11-5/h9H,6H2,1-5H3/t7-/m1/s1. The molecule has 0 aromatic heterocycles. The number of methoxy groups -OCH3 is 2. The highest BCUT2D eigenvalue weighted by Crippen LogP contribution is 2.28. The molecule has 0 bridgehead atoms. The van der Waals surface area contributed by atoms with Crippen molar-refractivity contribution in [2.75, 3.05) is 14.2 Å². The molecule has 11 heavy (non-hydrogen) atoms. The zero-order valence-electron chi connectivity index (χ0n) is 7.97. The van der Waals surface area contributed by atoms with Crippen molar-refractivity contribution < 1.29 is 14.6 Å². The van der Waals surface area contributed by atoms with E-state index in [-0.39, 0.29) is 0 Å². The third-order valence-electron chi connectivity index (χ3n) is 2.45. The molecule has 1 atom stereocenters. The van der Waals surface area contributed by atoms with Crippen LogP contribution in [-0.4, -0.2) is 30.7 Å². The lowest BCUT2D eigenvalue weighted by Gasteiger charge is -2.39. The molecule has 3 nitrogen and oxygen atoms in total. The predicted octanol–water partition coefficient (Wildman–Crippen LogP) is 1.16. The Morgan fingerprint density at radius 3 is 1.64 bits per heavy atom. The molecule has 1 N–H and O–H groups in total. The predicted molar refractivity (Wildman–Crippen MR) is 43.3 cm³/mol. The second kappa shape index (κ2) is 3.52. The highest BCUT2D eigenvalue weighted by Gasteiger charge is 2.42. The van der Waals surface area contributed by atoms with Gasteiger partial charge in [-0.2, -0.15) is 0 Å². The third-order valence-corrected chi connectivity index (χ3v) is 2.45.